The summed E-state index contributed by atoms with van der Waals surface area (Å²) in [5.41, 5.74) is 6.65. The fourth-order valence-electron chi connectivity index (χ4n) is 2.68. The minimum absolute atomic E-state index is 0.0882. The number of hydrogen-bond donors (Lipinski definition) is 3. The van der Waals surface area contributed by atoms with Gasteiger partial charge in [0.25, 0.3) is 11.8 Å². The summed E-state index contributed by atoms with van der Waals surface area (Å²) >= 11 is 0. The fourth-order valence-corrected chi connectivity index (χ4v) is 2.68. The van der Waals surface area contributed by atoms with Crippen LogP contribution in [0.4, 0.5) is 11.4 Å². The first-order chi connectivity index (χ1) is 11.9. The molecule has 0 bridgehead atoms. The summed E-state index contributed by atoms with van der Waals surface area (Å²) in [4.78, 5) is 35.9. The summed E-state index contributed by atoms with van der Waals surface area (Å²) < 4.78 is 6.88. The number of carbonyl (C=O) groups is 3. The van der Waals surface area contributed by atoms with Gasteiger partial charge in [0, 0.05) is 7.05 Å². The highest BCUT2D eigenvalue weighted by molar-refractivity contribution is 6.05. The number of ether oxygens (including phenoxy) is 1. The van der Waals surface area contributed by atoms with Gasteiger partial charge in [-0.25, -0.2) is 0 Å². The molecule has 25 heavy (non-hydrogen) atoms. The number of hydrogen-bond acceptors (Lipinski definition) is 5. The number of nitrogens with one attached hydrogen (secondary N) is 2. The number of amides is 3. The summed E-state index contributed by atoms with van der Waals surface area (Å²) in [5.74, 6) is -1.11. The standard InChI is InChI=1S/C16H17N5O4/c1-8-13(14(15(17)23)21(2)20-8)19-12(22)7-11-16(24)18-9-5-3-4-6-10(9)25-11/h3-6,11H,7H2,1-2H3,(H2,17,23)(H,18,24)(H,19,22). The van der Waals surface area contributed by atoms with Crippen LogP contribution in [0.5, 0.6) is 5.75 Å². The van der Waals surface area contributed by atoms with E-state index in [1.165, 1.54) is 4.68 Å². The topological polar surface area (TPSA) is 128 Å². The highest BCUT2D eigenvalue weighted by Crippen LogP contribution is 2.29. The second-order valence-electron chi connectivity index (χ2n) is 5.64. The number of nitrogens with zero attached hydrogens (tertiary/aromatic N) is 2. The van der Waals surface area contributed by atoms with E-state index in [1.54, 1.807) is 38.2 Å². The Morgan fingerprint density at radius 1 is 1.40 bits per heavy atom. The van der Waals surface area contributed by atoms with Crippen LogP contribution in [-0.4, -0.2) is 33.6 Å². The van der Waals surface area contributed by atoms with Crippen LogP contribution in [0.25, 0.3) is 0 Å². The molecule has 2 aromatic rings. The van der Waals surface area contributed by atoms with Gasteiger partial charge in [-0.1, -0.05) is 12.1 Å². The molecule has 1 aromatic heterocycles. The zero-order valence-corrected chi connectivity index (χ0v) is 13.7. The fraction of sp³-hybridized carbons (Fsp3) is 0.250. The molecule has 0 saturated heterocycles. The Bertz CT molecular complexity index is 873. The molecule has 1 aliphatic rings. The lowest BCUT2D eigenvalue weighted by Gasteiger charge is -2.25. The summed E-state index contributed by atoms with van der Waals surface area (Å²) in [6.45, 7) is 1.64. The number of benzene rings is 1. The SMILES string of the molecule is Cc1nn(C)c(C(N)=O)c1NC(=O)CC1Oc2ccccc2NC1=O. The van der Waals surface area contributed by atoms with Crippen molar-refractivity contribution in [1.82, 2.24) is 9.78 Å². The van der Waals surface area contributed by atoms with E-state index in [1.807, 2.05) is 0 Å². The highest BCUT2D eigenvalue weighted by Gasteiger charge is 2.30. The van der Waals surface area contributed by atoms with Gasteiger partial charge in [0.1, 0.15) is 11.4 Å². The second-order valence-corrected chi connectivity index (χ2v) is 5.64. The molecule has 3 rings (SSSR count). The van der Waals surface area contributed by atoms with Gasteiger partial charge in [0.15, 0.2) is 6.10 Å². The Labute approximate surface area is 143 Å². The molecule has 0 radical (unpaired) electrons. The van der Waals surface area contributed by atoms with Crippen molar-refractivity contribution < 1.29 is 19.1 Å². The number of anilines is 2. The van der Waals surface area contributed by atoms with Gasteiger partial charge in [-0.15, -0.1) is 0 Å². The van der Waals surface area contributed by atoms with E-state index in [0.717, 1.165) is 0 Å². The molecule has 130 valence electrons. The Morgan fingerprint density at radius 3 is 2.84 bits per heavy atom. The van der Waals surface area contributed by atoms with E-state index in [2.05, 4.69) is 15.7 Å². The first kappa shape index (κ1) is 16.5. The Kier molecular flexibility index (Phi) is 4.14. The number of nitrogens with two attached hydrogens (primary N) is 1. The predicted molar refractivity (Wildman–Crippen MR) is 89.2 cm³/mol. The van der Waals surface area contributed by atoms with Gasteiger partial charge < -0.3 is 21.1 Å². The van der Waals surface area contributed by atoms with Crippen LogP contribution in [0.1, 0.15) is 22.6 Å². The number of rotatable bonds is 4. The lowest BCUT2D eigenvalue weighted by molar-refractivity contribution is -0.128. The number of fused-ring (bicyclic) bond motifs is 1. The van der Waals surface area contributed by atoms with Crippen molar-refractivity contribution in [3.63, 3.8) is 0 Å². The third-order valence-corrected chi connectivity index (χ3v) is 3.80. The second kappa shape index (κ2) is 6.27. The van der Waals surface area contributed by atoms with Crippen LogP contribution in [0.3, 0.4) is 0 Å². The van der Waals surface area contributed by atoms with E-state index in [9.17, 15) is 14.4 Å². The molecular formula is C16H17N5O4. The van der Waals surface area contributed by atoms with Crippen molar-refractivity contribution in [3.05, 3.63) is 35.7 Å². The van der Waals surface area contributed by atoms with E-state index in [-0.39, 0.29) is 17.8 Å². The smallest absolute Gasteiger partial charge is 0.269 e. The van der Waals surface area contributed by atoms with E-state index >= 15 is 0 Å². The van der Waals surface area contributed by atoms with Gasteiger partial charge in [-0.05, 0) is 19.1 Å². The maximum absolute atomic E-state index is 12.3. The minimum Gasteiger partial charge on any atom is -0.478 e. The molecule has 0 saturated carbocycles. The first-order valence-electron chi connectivity index (χ1n) is 7.56. The lowest BCUT2D eigenvalue weighted by Crippen LogP contribution is -2.39. The van der Waals surface area contributed by atoms with Gasteiger partial charge in [0.2, 0.25) is 5.91 Å². The summed E-state index contributed by atoms with van der Waals surface area (Å²) in [7, 11) is 1.55. The van der Waals surface area contributed by atoms with Gasteiger partial charge in [-0.2, -0.15) is 5.10 Å². The molecule has 0 aliphatic carbocycles. The zero-order chi connectivity index (χ0) is 18.1. The highest BCUT2D eigenvalue weighted by atomic mass is 16.5. The lowest BCUT2D eigenvalue weighted by atomic mass is 10.1. The van der Waals surface area contributed by atoms with Crippen molar-refractivity contribution in [2.75, 3.05) is 10.6 Å². The Morgan fingerprint density at radius 2 is 2.12 bits per heavy atom. The van der Waals surface area contributed by atoms with E-state index < -0.39 is 23.8 Å². The van der Waals surface area contributed by atoms with Crippen molar-refractivity contribution in [1.29, 1.82) is 0 Å². The number of aromatic nitrogens is 2. The Balaban J connectivity index is 1.74. The maximum Gasteiger partial charge on any atom is 0.269 e. The zero-order valence-electron chi connectivity index (χ0n) is 13.7. The van der Waals surface area contributed by atoms with Crippen LogP contribution in [0.2, 0.25) is 0 Å². The molecule has 9 nitrogen and oxygen atoms in total. The molecule has 9 heteroatoms. The molecule has 1 aromatic carbocycles. The largest absolute Gasteiger partial charge is 0.478 e. The van der Waals surface area contributed by atoms with Gasteiger partial charge in [-0.3, -0.25) is 19.1 Å². The molecule has 1 unspecified atom stereocenters. The van der Waals surface area contributed by atoms with Crippen molar-refractivity contribution in [3.8, 4) is 5.75 Å². The normalized spacial score (nSPS) is 15.8. The quantitative estimate of drug-likeness (QED) is 0.747. The molecule has 2 heterocycles. The third-order valence-electron chi connectivity index (χ3n) is 3.80. The molecule has 1 atom stereocenters. The van der Waals surface area contributed by atoms with Crippen molar-refractivity contribution >= 4 is 29.1 Å². The van der Waals surface area contributed by atoms with Crippen molar-refractivity contribution in [2.45, 2.75) is 19.4 Å². The number of para-hydroxylation sites is 2. The van der Waals surface area contributed by atoms with Crippen LogP contribution in [-0.2, 0) is 16.6 Å². The summed E-state index contributed by atoms with van der Waals surface area (Å²) in [6.07, 6.45) is -1.18. The minimum atomic E-state index is -0.969. The summed E-state index contributed by atoms with van der Waals surface area (Å²) in [6, 6.07) is 6.95. The average molecular weight is 343 g/mol. The summed E-state index contributed by atoms with van der Waals surface area (Å²) in [5, 5.41) is 9.35. The monoisotopic (exact) mass is 343 g/mol. The van der Waals surface area contributed by atoms with E-state index in [4.69, 9.17) is 10.5 Å². The molecule has 1 aliphatic heterocycles. The van der Waals surface area contributed by atoms with Crippen LogP contribution < -0.4 is 21.1 Å². The third kappa shape index (κ3) is 3.16. The number of primary amides is 1. The van der Waals surface area contributed by atoms with Crippen LogP contribution in [0.15, 0.2) is 24.3 Å². The van der Waals surface area contributed by atoms with Gasteiger partial charge in [0.05, 0.1) is 23.5 Å². The van der Waals surface area contributed by atoms with Crippen LogP contribution in [0, 0.1) is 6.92 Å². The molecule has 0 fully saturated rings. The average Bonchev–Trinajstić information content (AvgIpc) is 2.81. The first-order valence-corrected chi connectivity index (χ1v) is 7.56. The molecule has 3 amide bonds. The van der Waals surface area contributed by atoms with Crippen molar-refractivity contribution in [2.24, 2.45) is 12.8 Å². The number of carbonyl (C=O) groups excluding carboxylic acids is 3. The Hall–Kier alpha value is -3.36. The van der Waals surface area contributed by atoms with Gasteiger partial charge >= 0.3 is 0 Å². The van der Waals surface area contributed by atoms with Crippen LogP contribution >= 0.6 is 0 Å². The number of aryl methyl sites for hydroxylation is 2. The van der Waals surface area contributed by atoms with E-state index in [0.29, 0.717) is 17.1 Å². The molecular weight excluding hydrogens is 326 g/mol. The predicted octanol–water partition coefficient (Wildman–Crippen LogP) is 0.556. The maximum atomic E-state index is 12.3. The molecule has 4 N–H and O–H groups in total. The molecule has 0 spiro atoms.